The number of carbonyl (C=O) groups excluding carboxylic acids is 1. The van der Waals surface area contributed by atoms with Gasteiger partial charge in [-0.2, -0.15) is 10.5 Å². The van der Waals surface area contributed by atoms with Crippen LogP contribution in [0.15, 0.2) is 23.8 Å². The minimum Gasteiger partial charge on any atom is -0.296 e. The van der Waals surface area contributed by atoms with Crippen molar-refractivity contribution in [1.82, 2.24) is 0 Å². The summed E-state index contributed by atoms with van der Waals surface area (Å²) in [6.45, 7) is 8.59. The smallest absolute Gasteiger partial charge is 0.296 e. The van der Waals surface area contributed by atoms with E-state index in [0.29, 0.717) is 11.1 Å². The average Bonchev–Trinajstić information content (AvgIpc) is 2.25. The van der Waals surface area contributed by atoms with Crippen LogP contribution in [0.4, 0.5) is 0 Å². The number of hydrogen-bond donors (Lipinski definition) is 1. The van der Waals surface area contributed by atoms with Crippen molar-refractivity contribution in [2.75, 3.05) is 0 Å². The molecule has 0 amide bonds. The Morgan fingerprint density at radius 3 is 2.33 bits per heavy atom. The van der Waals surface area contributed by atoms with E-state index in [1.165, 1.54) is 0 Å². The van der Waals surface area contributed by atoms with E-state index in [-0.39, 0.29) is 0 Å². The second kappa shape index (κ2) is 10.5. The first-order chi connectivity index (χ1) is 6.99. The fourth-order valence-electron chi connectivity index (χ4n) is 0.516. The van der Waals surface area contributed by atoms with E-state index in [2.05, 4.69) is 11.5 Å². The molecule has 4 heteroatoms. The van der Waals surface area contributed by atoms with Crippen LogP contribution in [0.5, 0.6) is 0 Å². The molecule has 0 unspecified atom stereocenters. The maximum Gasteiger partial charge on any atom is 0.368 e. The molecule has 0 spiro atoms. The van der Waals surface area contributed by atoms with Gasteiger partial charge >= 0.3 is 5.97 Å². The summed E-state index contributed by atoms with van der Waals surface area (Å²) in [6, 6.07) is 1.83. The summed E-state index contributed by atoms with van der Waals surface area (Å²) in [7, 11) is 0. The van der Waals surface area contributed by atoms with Gasteiger partial charge in [-0.05, 0) is 20.3 Å². The molecule has 0 aromatic heterocycles. The number of allylic oxidation sites excluding steroid dienone is 2. The lowest BCUT2D eigenvalue weighted by molar-refractivity contribution is -0.229. The average molecular weight is 211 g/mol. The van der Waals surface area contributed by atoms with E-state index in [1.54, 1.807) is 19.9 Å². The van der Waals surface area contributed by atoms with Crippen LogP contribution in [0, 0.1) is 11.3 Å². The minimum atomic E-state index is -0.673. The molecule has 0 bridgehead atoms. The maximum atomic E-state index is 10.5. The monoisotopic (exact) mass is 211 g/mol. The quantitative estimate of drug-likeness (QED) is 0.337. The molecule has 0 saturated heterocycles. The first-order valence-corrected chi connectivity index (χ1v) is 4.57. The zero-order valence-corrected chi connectivity index (χ0v) is 9.41. The second-order valence-electron chi connectivity index (χ2n) is 2.95. The molecule has 1 N–H and O–H groups in total. The Kier molecular flexibility index (Phi) is 11.1. The number of unbranched alkanes of at least 4 members (excludes halogenated alkanes) is 1. The van der Waals surface area contributed by atoms with Crippen molar-refractivity contribution in [3.05, 3.63) is 23.8 Å². The van der Waals surface area contributed by atoms with Crippen molar-refractivity contribution in [2.24, 2.45) is 0 Å². The molecule has 0 atom stereocenters. The van der Waals surface area contributed by atoms with Gasteiger partial charge in [0.15, 0.2) is 0 Å². The zero-order chi connectivity index (χ0) is 12.3. The van der Waals surface area contributed by atoms with Crippen LogP contribution in [0.25, 0.3) is 0 Å². The third kappa shape index (κ3) is 12.4. The van der Waals surface area contributed by atoms with Crippen molar-refractivity contribution in [2.45, 2.75) is 33.6 Å². The maximum absolute atomic E-state index is 10.5. The van der Waals surface area contributed by atoms with Gasteiger partial charge in [0.05, 0.1) is 6.07 Å². The van der Waals surface area contributed by atoms with E-state index in [9.17, 15) is 4.79 Å². The van der Waals surface area contributed by atoms with Gasteiger partial charge in [-0.25, -0.2) is 4.79 Å². The van der Waals surface area contributed by atoms with Crippen molar-refractivity contribution in [3.8, 4) is 6.07 Å². The Balaban J connectivity index is 0. The number of carbonyl (C=O) groups is 1. The number of nitriles is 1. The van der Waals surface area contributed by atoms with E-state index < -0.39 is 5.97 Å². The molecular weight excluding hydrogens is 194 g/mol. The van der Waals surface area contributed by atoms with Gasteiger partial charge in [0.2, 0.25) is 0 Å². The highest BCUT2D eigenvalue weighted by molar-refractivity contribution is 5.87. The van der Waals surface area contributed by atoms with Crippen LogP contribution in [0.1, 0.15) is 33.6 Å². The van der Waals surface area contributed by atoms with Crippen LogP contribution >= 0.6 is 0 Å². The fraction of sp³-hybridized carbons (Fsp3) is 0.455. The highest BCUT2D eigenvalue weighted by Gasteiger charge is 2.02. The van der Waals surface area contributed by atoms with Gasteiger partial charge in [0.1, 0.15) is 0 Å². The Morgan fingerprint density at radius 2 is 2.07 bits per heavy atom. The van der Waals surface area contributed by atoms with Gasteiger partial charge in [-0.1, -0.05) is 26.0 Å². The van der Waals surface area contributed by atoms with Crippen LogP contribution < -0.4 is 0 Å². The van der Waals surface area contributed by atoms with E-state index >= 15 is 0 Å². The number of hydrogen-bond acceptors (Lipinski definition) is 4. The zero-order valence-electron chi connectivity index (χ0n) is 9.41. The van der Waals surface area contributed by atoms with Crippen molar-refractivity contribution in [3.63, 3.8) is 0 Å². The van der Waals surface area contributed by atoms with E-state index in [4.69, 9.17) is 10.5 Å². The van der Waals surface area contributed by atoms with Gasteiger partial charge in [-0.15, -0.1) is 0 Å². The summed E-state index contributed by atoms with van der Waals surface area (Å²) in [4.78, 5) is 14.0. The largest absolute Gasteiger partial charge is 0.368 e. The Morgan fingerprint density at radius 1 is 1.60 bits per heavy atom. The first kappa shape index (κ1) is 15.9. The molecule has 0 aliphatic rings. The van der Waals surface area contributed by atoms with Gasteiger partial charge in [-0.3, -0.25) is 4.89 Å². The minimum absolute atomic E-state index is 0.448. The molecule has 84 valence electrons. The summed E-state index contributed by atoms with van der Waals surface area (Å²) in [6.07, 6.45) is 3.55. The fourth-order valence-corrected chi connectivity index (χ4v) is 0.516. The lowest BCUT2D eigenvalue weighted by atomic mass is 10.2. The molecule has 0 heterocycles. The summed E-state index contributed by atoms with van der Waals surface area (Å²) in [5.74, 6) is -0.673. The molecule has 0 fully saturated rings. The summed E-state index contributed by atoms with van der Waals surface area (Å²) >= 11 is 0. The lowest BCUT2D eigenvalue weighted by Gasteiger charge is -1.93. The highest BCUT2D eigenvalue weighted by Crippen LogP contribution is 1.99. The highest BCUT2D eigenvalue weighted by atomic mass is 17.1. The van der Waals surface area contributed by atoms with Gasteiger partial charge < -0.3 is 0 Å². The normalized spacial score (nSPS) is 9.40. The van der Waals surface area contributed by atoms with Crippen molar-refractivity contribution in [1.29, 1.82) is 5.26 Å². The SMILES string of the molecule is C=C(C)C#N.CCCC=C(C)C(=O)OO. The molecule has 0 rings (SSSR count). The van der Waals surface area contributed by atoms with Crippen molar-refractivity contribution >= 4 is 5.97 Å². The van der Waals surface area contributed by atoms with Crippen LogP contribution in [-0.2, 0) is 9.68 Å². The first-order valence-electron chi connectivity index (χ1n) is 4.57. The van der Waals surface area contributed by atoms with Gasteiger partial charge in [0, 0.05) is 11.1 Å². The molecule has 0 aliphatic carbocycles. The predicted octanol–water partition coefficient (Wildman–Crippen LogP) is 2.84. The summed E-state index contributed by atoms with van der Waals surface area (Å²) in [5, 5.41) is 15.7. The molecular formula is C11H17NO3. The van der Waals surface area contributed by atoms with Crippen LogP contribution in [0.2, 0.25) is 0 Å². The standard InChI is InChI=1S/C7H12O3.C4H5N/c1-3-4-5-6(2)7(8)10-9;1-4(2)3-5/h5,9H,3-4H2,1-2H3;1H2,2H3. The molecule has 4 nitrogen and oxygen atoms in total. The van der Waals surface area contributed by atoms with E-state index in [0.717, 1.165) is 12.8 Å². The third-order valence-corrected chi connectivity index (χ3v) is 1.33. The Bertz CT molecular complexity index is 274. The van der Waals surface area contributed by atoms with Gasteiger partial charge in [0.25, 0.3) is 0 Å². The third-order valence-electron chi connectivity index (χ3n) is 1.33. The molecule has 0 aromatic carbocycles. The topological polar surface area (TPSA) is 70.3 Å². The van der Waals surface area contributed by atoms with E-state index in [1.807, 2.05) is 13.0 Å². The van der Waals surface area contributed by atoms with Crippen molar-refractivity contribution < 1.29 is 14.9 Å². The van der Waals surface area contributed by atoms with Crippen LogP contribution in [0.3, 0.4) is 0 Å². The number of rotatable bonds is 3. The van der Waals surface area contributed by atoms with Crippen LogP contribution in [-0.4, -0.2) is 11.2 Å². The summed E-state index contributed by atoms with van der Waals surface area (Å²) < 4.78 is 0. The Hall–Kier alpha value is -1.60. The molecule has 0 aliphatic heterocycles. The number of nitrogens with zero attached hydrogens (tertiary/aromatic N) is 1. The predicted molar refractivity (Wildman–Crippen MR) is 57.8 cm³/mol. The molecule has 15 heavy (non-hydrogen) atoms. The second-order valence-corrected chi connectivity index (χ2v) is 2.95. The Labute approximate surface area is 90.4 Å². The molecule has 0 aromatic rings. The molecule has 0 radical (unpaired) electrons. The lowest BCUT2D eigenvalue weighted by Crippen LogP contribution is -2.01. The molecule has 0 saturated carbocycles. The summed E-state index contributed by atoms with van der Waals surface area (Å²) in [5.41, 5.74) is 1.01.